The highest BCUT2D eigenvalue weighted by Crippen LogP contribution is 2.40. The van der Waals surface area contributed by atoms with Crippen LogP contribution in [0.1, 0.15) is 48.3 Å². The van der Waals surface area contributed by atoms with Crippen LogP contribution in [0.2, 0.25) is 5.02 Å². The van der Waals surface area contributed by atoms with E-state index in [1.54, 1.807) is 12.3 Å². The van der Waals surface area contributed by atoms with Crippen LogP contribution in [-0.2, 0) is 20.8 Å². The highest BCUT2D eigenvalue weighted by Gasteiger charge is 2.41. The normalized spacial score (nSPS) is 26.7. The van der Waals surface area contributed by atoms with Crippen molar-refractivity contribution in [2.24, 2.45) is 0 Å². The Hall–Kier alpha value is -2.26. The molecule has 4 heterocycles. The van der Waals surface area contributed by atoms with Crippen molar-refractivity contribution >= 4 is 23.2 Å². The Labute approximate surface area is 210 Å². The van der Waals surface area contributed by atoms with Crippen molar-refractivity contribution in [1.29, 1.82) is 0 Å². The van der Waals surface area contributed by atoms with Crippen LogP contribution in [0.3, 0.4) is 0 Å². The fourth-order valence-electron chi connectivity index (χ4n) is 5.06. The van der Waals surface area contributed by atoms with Crippen LogP contribution >= 0.6 is 11.6 Å². The van der Waals surface area contributed by atoms with E-state index < -0.39 is 0 Å². The standard InChI is InChI=1S/C26H32ClFN4O3/c1-15-13-31(6-7-32(15)26(33)23-5-4-8-34-23)14-19-9-20(28)11-22(16(19)2)30-25-24(35-25)18-10-21(27)17(3)29-12-18/h9-12,15,23-25,30H,4-8,13-14H2,1-3H3/t15-,23+,24?,25?/m0/s1. The summed E-state index contributed by atoms with van der Waals surface area (Å²) in [7, 11) is 0. The molecule has 1 aromatic heterocycles. The lowest BCUT2D eigenvalue weighted by Crippen LogP contribution is -2.55. The molecule has 5 rings (SSSR count). The summed E-state index contributed by atoms with van der Waals surface area (Å²) >= 11 is 6.20. The number of carbonyl (C=O) groups excluding carboxylic acids is 1. The van der Waals surface area contributed by atoms with E-state index in [0.29, 0.717) is 24.7 Å². The molecule has 0 radical (unpaired) electrons. The monoisotopic (exact) mass is 502 g/mol. The molecule has 0 bridgehead atoms. The smallest absolute Gasteiger partial charge is 0.252 e. The van der Waals surface area contributed by atoms with Gasteiger partial charge in [0.05, 0.1) is 10.7 Å². The van der Waals surface area contributed by atoms with Crippen LogP contribution in [0, 0.1) is 19.7 Å². The van der Waals surface area contributed by atoms with Crippen LogP contribution in [0.4, 0.5) is 10.1 Å². The van der Waals surface area contributed by atoms with E-state index in [2.05, 4.69) is 22.1 Å². The van der Waals surface area contributed by atoms with Crippen LogP contribution < -0.4 is 5.32 Å². The number of nitrogens with zero attached hydrogens (tertiary/aromatic N) is 3. The predicted molar refractivity (Wildman–Crippen MR) is 132 cm³/mol. The first kappa shape index (κ1) is 24.4. The van der Waals surface area contributed by atoms with Crippen LogP contribution in [0.5, 0.6) is 0 Å². The lowest BCUT2D eigenvalue weighted by atomic mass is 10.0. The molecule has 3 aliphatic rings. The van der Waals surface area contributed by atoms with Crippen LogP contribution in [0.25, 0.3) is 0 Å². The number of epoxide rings is 1. The summed E-state index contributed by atoms with van der Waals surface area (Å²) < 4.78 is 26.0. The first-order valence-electron chi connectivity index (χ1n) is 12.3. The molecule has 7 nitrogen and oxygen atoms in total. The summed E-state index contributed by atoms with van der Waals surface area (Å²) in [5.41, 5.74) is 4.32. The Morgan fingerprint density at radius 3 is 2.83 bits per heavy atom. The number of carbonyl (C=O) groups is 1. The number of hydrogen-bond acceptors (Lipinski definition) is 6. The zero-order valence-electron chi connectivity index (χ0n) is 20.4. The number of halogens is 2. The van der Waals surface area contributed by atoms with Crippen molar-refractivity contribution in [3.63, 3.8) is 0 Å². The van der Waals surface area contributed by atoms with Gasteiger partial charge in [0.25, 0.3) is 5.91 Å². The van der Waals surface area contributed by atoms with E-state index in [-0.39, 0.29) is 36.2 Å². The molecule has 3 saturated heterocycles. The van der Waals surface area contributed by atoms with Gasteiger partial charge in [0.2, 0.25) is 0 Å². The Morgan fingerprint density at radius 1 is 1.29 bits per heavy atom. The zero-order valence-corrected chi connectivity index (χ0v) is 21.1. The largest absolute Gasteiger partial charge is 0.368 e. The average molecular weight is 503 g/mol. The number of rotatable bonds is 6. The van der Waals surface area contributed by atoms with Gasteiger partial charge in [-0.15, -0.1) is 0 Å². The molecule has 9 heteroatoms. The third-order valence-corrected chi connectivity index (χ3v) is 7.62. The summed E-state index contributed by atoms with van der Waals surface area (Å²) in [6, 6.07) is 5.07. The SMILES string of the molecule is Cc1ncc(C2OC2Nc2cc(F)cc(CN3CCN(C(=O)[C@H]4CCCO4)[C@@H](C)C3)c2C)cc1Cl. The second kappa shape index (κ2) is 10.0. The molecule has 1 aromatic carbocycles. The highest BCUT2D eigenvalue weighted by molar-refractivity contribution is 6.31. The topological polar surface area (TPSA) is 70.2 Å². The Bertz CT molecular complexity index is 1110. The molecule has 3 fully saturated rings. The number of pyridine rings is 1. The second-order valence-electron chi connectivity index (χ2n) is 9.81. The van der Waals surface area contributed by atoms with Gasteiger partial charge in [0.15, 0.2) is 6.23 Å². The lowest BCUT2D eigenvalue weighted by Gasteiger charge is -2.41. The molecule has 0 spiro atoms. The van der Waals surface area contributed by atoms with Crippen molar-refractivity contribution in [3.8, 4) is 0 Å². The summed E-state index contributed by atoms with van der Waals surface area (Å²) in [5.74, 6) is -0.183. The van der Waals surface area contributed by atoms with E-state index in [4.69, 9.17) is 21.1 Å². The van der Waals surface area contributed by atoms with Gasteiger partial charge < -0.3 is 19.7 Å². The average Bonchev–Trinajstić information content (AvgIpc) is 3.36. The molecule has 2 unspecified atom stereocenters. The van der Waals surface area contributed by atoms with E-state index in [0.717, 1.165) is 54.0 Å². The summed E-state index contributed by atoms with van der Waals surface area (Å²) in [6.45, 7) is 9.36. The van der Waals surface area contributed by atoms with Gasteiger partial charge in [0, 0.05) is 56.3 Å². The van der Waals surface area contributed by atoms with Crippen molar-refractivity contribution in [1.82, 2.24) is 14.8 Å². The predicted octanol–water partition coefficient (Wildman–Crippen LogP) is 4.21. The quantitative estimate of drug-likeness (QED) is 0.597. The highest BCUT2D eigenvalue weighted by atomic mass is 35.5. The van der Waals surface area contributed by atoms with Crippen LogP contribution in [-0.4, -0.2) is 65.3 Å². The van der Waals surface area contributed by atoms with Gasteiger partial charge >= 0.3 is 0 Å². The molecule has 1 amide bonds. The van der Waals surface area contributed by atoms with Gasteiger partial charge in [-0.1, -0.05) is 11.6 Å². The minimum absolute atomic E-state index is 0.0856. The van der Waals surface area contributed by atoms with Gasteiger partial charge in [-0.05, 0) is 62.9 Å². The molecule has 35 heavy (non-hydrogen) atoms. The molecule has 1 N–H and O–H groups in total. The van der Waals surface area contributed by atoms with Gasteiger partial charge in [-0.2, -0.15) is 0 Å². The molecule has 3 aliphatic heterocycles. The number of nitrogens with one attached hydrogen (secondary N) is 1. The number of hydrogen-bond donors (Lipinski definition) is 1. The van der Waals surface area contributed by atoms with E-state index >= 15 is 0 Å². The minimum atomic E-state index is -0.289. The van der Waals surface area contributed by atoms with Crippen molar-refractivity contribution in [2.45, 2.75) is 64.6 Å². The maximum absolute atomic E-state index is 14.6. The van der Waals surface area contributed by atoms with Crippen molar-refractivity contribution < 1.29 is 18.7 Å². The van der Waals surface area contributed by atoms with Crippen molar-refractivity contribution in [3.05, 3.63) is 57.6 Å². The number of aromatic nitrogens is 1. The maximum Gasteiger partial charge on any atom is 0.252 e. The fraction of sp³-hybridized carbons (Fsp3) is 0.538. The third-order valence-electron chi connectivity index (χ3n) is 7.24. The summed E-state index contributed by atoms with van der Waals surface area (Å²) in [5, 5.41) is 3.93. The number of amides is 1. The van der Waals surface area contributed by atoms with Gasteiger partial charge in [0.1, 0.15) is 18.0 Å². The summed E-state index contributed by atoms with van der Waals surface area (Å²) in [6.07, 6.45) is 2.81. The fourth-order valence-corrected chi connectivity index (χ4v) is 5.23. The van der Waals surface area contributed by atoms with Crippen LogP contribution in [0.15, 0.2) is 24.4 Å². The number of piperazine rings is 1. The molecule has 0 aliphatic carbocycles. The Balaban J connectivity index is 1.22. The molecular weight excluding hydrogens is 471 g/mol. The first-order valence-corrected chi connectivity index (χ1v) is 12.7. The molecule has 188 valence electrons. The van der Waals surface area contributed by atoms with Crippen molar-refractivity contribution in [2.75, 3.05) is 31.6 Å². The molecule has 2 aromatic rings. The Morgan fingerprint density at radius 2 is 2.11 bits per heavy atom. The summed E-state index contributed by atoms with van der Waals surface area (Å²) in [4.78, 5) is 21.3. The number of anilines is 1. The number of benzene rings is 1. The van der Waals surface area contributed by atoms with E-state index in [1.807, 2.05) is 24.8 Å². The molecular formula is C26H32ClFN4O3. The second-order valence-corrected chi connectivity index (χ2v) is 10.2. The molecule has 0 saturated carbocycles. The number of ether oxygens (including phenoxy) is 2. The van der Waals surface area contributed by atoms with E-state index in [1.165, 1.54) is 6.07 Å². The van der Waals surface area contributed by atoms with Gasteiger partial charge in [-0.3, -0.25) is 14.7 Å². The lowest BCUT2D eigenvalue weighted by molar-refractivity contribution is -0.145. The van der Waals surface area contributed by atoms with E-state index in [9.17, 15) is 9.18 Å². The third kappa shape index (κ3) is 5.31. The Kier molecular flexibility index (Phi) is 6.99. The number of aryl methyl sites for hydroxylation is 1. The molecule has 4 atom stereocenters. The first-order chi connectivity index (χ1) is 16.8. The minimum Gasteiger partial charge on any atom is -0.368 e. The maximum atomic E-state index is 14.6. The van der Waals surface area contributed by atoms with Gasteiger partial charge in [-0.25, -0.2) is 4.39 Å². The zero-order chi connectivity index (χ0) is 24.7.